The molecule has 0 radical (unpaired) electrons. The molecule has 1 saturated heterocycles. The zero-order valence-corrected chi connectivity index (χ0v) is 13.3. The summed E-state index contributed by atoms with van der Waals surface area (Å²) in [6, 6.07) is 3.70. The van der Waals surface area contributed by atoms with Crippen LogP contribution in [0, 0.1) is 11.2 Å². The molecule has 1 fully saturated rings. The molecule has 0 aromatic heterocycles. The SMILES string of the molecule is CCC1(C)CCN(S(=O)(=O)c2cc(CO)ccc2F)CC1. The van der Waals surface area contributed by atoms with Gasteiger partial charge in [0.1, 0.15) is 10.7 Å². The summed E-state index contributed by atoms with van der Waals surface area (Å²) in [5, 5.41) is 9.10. The molecule has 1 aliphatic rings. The van der Waals surface area contributed by atoms with Gasteiger partial charge in [-0.1, -0.05) is 26.3 Å². The first-order chi connectivity index (χ1) is 9.82. The number of benzene rings is 1. The van der Waals surface area contributed by atoms with E-state index >= 15 is 0 Å². The van der Waals surface area contributed by atoms with Gasteiger partial charge in [0.15, 0.2) is 0 Å². The summed E-state index contributed by atoms with van der Waals surface area (Å²) in [6.07, 6.45) is 2.57. The Labute approximate surface area is 125 Å². The Morgan fingerprint density at radius 2 is 1.95 bits per heavy atom. The van der Waals surface area contributed by atoms with Crippen LogP contribution in [0.15, 0.2) is 23.1 Å². The van der Waals surface area contributed by atoms with Crippen molar-refractivity contribution in [2.75, 3.05) is 13.1 Å². The van der Waals surface area contributed by atoms with Crippen LogP contribution in [0.4, 0.5) is 4.39 Å². The van der Waals surface area contributed by atoms with Crippen molar-refractivity contribution in [3.63, 3.8) is 0 Å². The second-order valence-corrected chi connectivity index (χ2v) is 7.90. The van der Waals surface area contributed by atoms with Crippen molar-refractivity contribution in [3.05, 3.63) is 29.6 Å². The minimum absolute atomic E-state index is 0.164. The minimum atomic E-state index is -3.84. The Morgan fingerprint density at radius 3 is 2.48 bits per heavy atom. The van der Waals surface area contributed by atoms with Crippen LogP contribution < -0.4 is 0 Å². The van der Waals surface area contributed by atoms with E-state index in [9.17, 15) is 12.8 Å². The van der Waals surface area contributed by atoms with E-state index in [4.69, 9.17) is 5.11 Å². The molecule has 0 bridgehead atoms. The summed E-state index contributed by atoms with van der Waals surface area (Å²) in [4.78, 5) is -0.339. The van der Waals surface area contributed by atoms with Crippen molar-refractivity contribution in [3.8, 4) is 0 Å². The molecule has 1 heterocycles. The maximum absolute atomic E-state index is 13.9. The number of halogens is 1. The lowest BCUT2D eigenvalue weighted by Crippen LogP contribution is -2.42. The number of rotatable bonds is 4. The van der Waals surface area contributed by atoms with E-state index in [0.717, 1.165) is 25.3 Å². The van der Waals surface area contributed by atoms with E-state index in [-0.39, 0.29) is 16.9 Å². The molecule has 21 heavy (non-hydrogen) atoms. The van der Waals surface area contributed by atoms with Crippen LogP contribution in [-0.2, 0) is 16.6 Å². The first-order valence-corrected chi connectivity index (χ1v) is 8.66. The van der Waals surface area contributed by atoms with E-state index in [0.29, 0.717) is 18.7 Å². The van der Waals surface area contributed by atoms with Gasteiger partial charge < -0.3 is 5.11 Å². The first-order valence-electron chi connectivity index (χ1n) is 7.22. The third-order valence-electron chi connectivity index (χ3n) is 4.58. The molecule has 0 saturated carbocycles. The van der Waals surface area contributed by atoms with Gasteiger partial charge in [-0.3, -0.25) is 0 Å². The number of nitrogens with zero attached hydrogens (tertiary/aromatic N) is 1. The molecule has 0 atom stereocenters. The van der Waals surface area contributed by atoms with Crippen molar-refractivity contribution >= 4 is 10.0 Å². The molecule has 0 amide bonds. The Bertz CT molecular complexity index is 607. The van der Waals surface area contributed by atoms with Gasteiger partial charge in [0, 0.05) is 13.1 Å². The first kappa shape index (κ1) is 16.4. The highest BCUT2D eigenvalue weighted by Crippen LogP contribution is 2.36. The maximum atomic E-state index is 13.9. The fraction of sp³-hybridized carbons (Fsp3) is 0.600. The van der Waals surface area contributed by atoms with Gasteiger partial charge in [0.25, 0.3) is 0 Å². The third-order valence-corrected chi connectivity index (χ3v) is 6.49. The predicted octanol–water partition coefficient (Wildman–Crippen LogP) is 2.52. The van der Waals surface area contributed by atoms with Gasteiger partial charge in [0.2, 0.25) is 10.0 Å². The number of hydrogen-bond donors (Lipinski definition) is 1. The molecular weight excluding hydrogens is 293 g/mol. The van der Waals surface area contributed by atoms with Crippen LogP contribution in [-0.4, -0.2) is 30.9 Å². The lowest BCUT2D eigenvalue weighted by molar-refractivity contribution is 0.168. The summed E-state index contributed by atoms with van der Waals surface area (Å²) in [5.74, 6) is -0.768. The molecule has 0 spiro atoms. The van der Waals surface area contributed by atoms with E-state index in [1.54, 1.807) is 0 Å². The standard InChI is InChI=1S/C15H22FNO3S/c1-3-15(2)6-8-17(9-7-15)21(19,20)14-10-12(11-18)4-5-13(14)16/h4-5,10,18H,3,6-9,11H2,1-2H3. The molecule has 118 valence electrons. The van der Waals surface area contributed by atoms with Crippen LogP contribution in [0.5, 0.6) is 0 Å². The summed E-state index contributed by atoms with van der Waals surface area (Å²) >= 11 is 0. The number of aliphatic hydroxyl groups excluding tert-OH is 1. The lowest BCUT2D eigenvalue weighted by Gasteiger charge is -2.38. The van der Waals surface area contributed by atoms with Crippen molar-refractivity contribution in [1.29, 1.82) is 0 Å². The Morgan fingerprint density at radius 1 is 1.33 bits per heavy atom. The van der Waals surface area contributed by atoms with Gasteiger partial charge in [-0.25, -0.2) is 12.8 Å². The van der Waals surface area contributed by atoms with Gasteiger partial charge in [-0.15, -0.1) is 0 Å². The zero-order chi connectivity index (χ0) is 15.7. The molecule has 0 aliphatic carbocycles. The second kappa shape index (κ2) is 6.02. The summed E-state index contributed by atoms with van der Waals surface area (Å²) < 4.78 is 40.4. The monoisotopic (exact) mass is 315 g/mol. The fourth-order valence-corrected chi connectivity index (χ4v) is 4.16. The number of piperidine rings is 1. The normalized spacial score (nSPS) is 19.6. The molecule has 1 N–H and O–H groups in total. The molecule has 0 unspecified atom stereocenters. The average Bonchev–Trinajstić information content (AvgIpc) is 2.48. The van der Waals surface area contributed by atoms with Crippen molar-refractivity contribution < 1.29 is 17.9 Å². The highest BCUT2D eigenvalue weighted by Gasteiger charge is 2.35. The van der Waals surface area contributed by atoms with Gasteiger partial charge in [-0.2, -0.15) is 4.31 Å². The molecular formula is C15H22FNO3S. The van der Waals surface area contributed by atoms with Crippen molar-refractivity contribution in [2.45, 2.75) is 44.6 Å². The van der Waals surface area contributed by atoms with E-state index < -0.39 is 15.8 Å². The van der Waals surface area contributed by atoms with E-state index in [2.05, 4.69) is 13.8 Å². The Kier molecular flexibility index (Phi) is 4.70. The molecule has 1 aliphatic heterocycles. The van der Waals surface area contributed by atoms with Gasteiger partial charge >= 0.3 is 0 Å². The largest absolute Gasteiger partial charge is 0.392 e. The summed E-state index contributed by atoms with van der Waals surface area (Å²) in [6.45, 7) is 4.78. The topological polar surface area (TPSA) is 57.6 Å². The zero-order valence-electron chi connectivity index (χ0n) is 12.5. The van der Waals surface area contributed by atoms with Crippen LogP contribution in [0.2, 0.25) is 0 Å². The van der Waals surface area contributed by atoms with Crippen LogP contribution in [0.25, 0.3) is 0 Å². The summed E-state index contributed by atoms with van der Waals surface area (Å²) in [5.41, 5.74) is 0.558. The lowest BCUT2D eigenvalue weighted by atomic mass is 9.79. The van der Waals surface area contributed by atoms with Crippen LogP contribution >= 0.6 is 0 Å². The Balaban J connectivity index is 2.27. The number of hydrogen-bond acceptors (Lipinski definition) is 3. The summed E-state index contributed by atoms with van der Waals surface area (Å²) in [7, 11) is -3.84. The predicted molar refractivity (Wildman–Crippen MR) is 78.7 cm³/mol. The Hall–Kier alpha value is -0.980. The van der Waals surface area contributed by atoms with E-state index in [1.807, 2.05) is 0 Å². The smallest absolute Gasteiger partial charge is 0.245 e. The van der Waals surface area contributed by atoms with Gasteiger partial charge in [0.05, 0.1) is 6.61 Å². The highest BCUT2D eigenvalue weighted by molar-refractivity contribution is 7.89. The van der Waals surface area contributed by atoms with Crippen LogP contribution in [0.3, 0.4) is 0 Å². The molecule has 1 aromatic carbocycles. The molecule has 1 aromatic rings. The quantitative estimate of drug-likeness (QED) is 0.929. The van der Waals surface area contributed by atoms with Crippen molar-refractivity contribution in [2.24, 2.45) is 5.41 Å². The van der Waals surface area contributed by atoms with Gasteiger partial charge in [-0.05, 0) is 36.0 Å². The van der Waals surface area contributed by atoms with E-state index in [1.165, 1.54) is 16.4 Å². The third kappa shape index (κ3) is 3.27. The average molecular weight is 315 g/mol. The van der Waals surface area contributed by atoms with Crippen molar-refractivity contribution in [1.82, 2.24) is 4.31 Å². The minimum Gasteiger partial charge on any atom is -0.392 e. The fourth-order valence-electron chi connectivity index (χ4n) is 2.60. The van der Waals surface area contributed by atoms with Crippen LogP contribution in [0.1, 0.15) is 38.7 Å². The number of sulfonamides is 1. The maximum Gasteiger partial charge on any atom is 0.245 e. The highest BCUT2D eigenvalue weighted by atomic mass is 32.2. The molecule has 4 nitrogen and oxygen atoms in total. The number of aliphatic hydroxyl groups is 1. The molecule has 2 rings (SSSR count). The molecule has 6 heteroatoms. The second-order valence-electron chi connectivity index (χ2n) is 5.99.